The Balaban J connectivity index is 2.71. The highest BCUT2D eigenvalue weighted by Gasteiger charge is 1.94. The molecule has 1 aromatic carbocycles. The van der Waals surface area contributed by atoms with Crippen molar-refractivity contribution in [3.8, 4) is 0 Å². The van der Waals surface area contributed by atoms with Gasteiger partial charge in [-0.15, -0.1) is 0 Å². The number of nitrogens with zero attached hydrogens (tertiary/aromatic N) is 3. The Bertz CT molecular complexity index is 354. The number of azo groups is 1. The van der Waals surface area contributed by atoms with Crippen molar-refractivity contribution in [2.45, 2.75) is 13.8 Å². The van der Waals surface area contributed by atoms with Crippen LogP contribution in [0.3, 0.4) is 0 Å². The molecule has 0 N–H and O–H groups in total. The SMILES string of the molecule is CN=CCN=Nc1ccc(C)cc1C. The zero-order valence-corrected chi connectivity index (χ0v) is 8.86. The molecule has 1 aromatic rings. The van der Waals surface area contributed by atoms with Crippen LogP contribution in [0.5, 0.6) is 0 Å². The van der Waals surface area contributed by atoms with E-state index < -0.39 is 0 Å². The fourth-order valence-corrected chi connectivity index (χ4v) is 1.15. The topological polar surface area (TPSA) is 37.1 Å². The molecule has 3 heteroatoms. The summed E-state index contributed by atoms with van der Waals surface area (Å²) in [7, 11) is 1.73. The lowest BCUT2D eigenvalue weighted by Gasteiger charge is -1.99. The maximum absolute atomic E-state index is 4.12. The summed E-state index contributed by atoms with van der Waals surface area (Å²) in [5.74, 6) is 0. The molecule has 0 aliphatic rings. The van der Waals surface area contributed by atoms with E-state index in [0.29, 0.717) is 6.54 Å². The van der Waals surface area contributed by atoms with Gasteiger partial charge in [-0.1, -0.05) is 17.7 Å². The predicted octanol–water partition coefficient (Wildman–Crippen LogP) is 3.09. The highest BCUT2D eigenvalue weighted by Crippen LogP contribution is 2.19. The van der Waals surface area contributed by atoms with Crippen molar-refractivity contribution in [1.82, 2.24) is 0 Å². The van der Waals surface area contributed by atoms with Crippen LogP contribution in [0, 0.1) is 13.8 Å². The van der Waals surface area contributed by atoms with Crippen molar-refractivity contribution >= 4 is 11.9 Å². The molecular formula is C11H15N3. The van der Waals surface area contributed by atoms with Gasteiger partial charge >= 0.3 is 0 Å². The predicted molar refractivity (Wildman–Crippen MR) is 59.7 cm³/mol. The molecule has 0 heterocycles. The third-order valence-electron chi connectivity index (χ3n) is 1.88. The summed E-state index contributed by atoms with van der Waals surface area (Å²) >= 11 is 0. The Hall–Kier alpha value is -1.51. The van der Waals surface area contributed by atoms with Crippen molar-refractivity contribution in [2.24, 2.45) is 15.2 Å². The van der Waals surface area contributed by atoms with Gasteiger partial charge in [0.15, 0.2) is 0 Å². The molecule has 0 atom stereocenters. The minimum absolute atomic E-state index is 0.545. The van der Waals surface area contributed by atoms with Crippen molar-refractivity contribution in [2.75, 3.05) is 13.6 Å². The molecule has 0 fully saturated rings. The first kappa shape index (κ1) is 10.6. The number of rotatable bonds is 3. The Morgan fingerprint density at radius 1 is 1.29 bits per heavy atom. The third-order valence-corrected chi connectivity index (χ3v) is 1.88. The van der Waals surface area contributed by atoms with Gasteiger partial charge in [-0.3, -0.25) is 4.99 Å². The van der Waals surface area contributed by atoms with Gasteiger partial charge in [-0.25, -0.2) is 0 Å². The highest BCUT2D eigenvalue weighted by atomic mass is 15.1. The third kappa shape index (κ3) is 3.09. The number of benzene rings is 1. The molecule has 0 amide bonds. The van der Waals surface area contributed by atoms with Crippen LogP contribution in [0.4, 0.5) is 5.69 Å². The van der Waals surface area contributed by atoms with Crippen LogP contribution < -0.4 is 0 Å². The minimum atomic E-state index is 0.545. The van der Waals surface area contributed by atoms with Crippen molar-refractivity contribution in [3.63, 3.8) is 0 Å². The lowest BCUT2D eigenvalue weighted by molar-refractivity contribution is 1.10. The van der Waals surface area contributed by atoms with Crippen LogP contribution in [-0.2, 0) is 0 Å². The van der Waals surface area contributed by atoms with Crippen molar-refractivity contribution in [1.29, 1.82) is 0 Å². The molecule has 74 valence electrons. The van der Waals surface area contributed by atoms with E-state index in [1.807, 2.05) is 19.1 Å². The average molecular weight is 189 g/mol. The van der Waals surface area contributed by atoms with Gasteiger partial charge in [0, 0.05) is 13.3 Å². The fourth-order valence-electron chi connectivity index (χ4n) is 1.15. The maximum Gasteiger partial charge on any atom is 0.0951 e. The lowest BCUT2D eigenvalue weighted by Crippen LogP contribution is -1.80. The molecule has 0 radical (unpaired) electrons. The molecule has 0 aromatic heterocycles. The van der Waals surface area contributed by atoms with Gasteiger partial charge in [-0.2, -0.15) is 10.2 Å². The molecule has 0 saturated carbocycles. The first-order valence-corrected chi connectivity index (χ1v) is 4.59. The Morgan fingerprint density at radius 2 is 2.07 bits per heavy atom. The summed E-state index contributed by atoms with van der Waals surface area (Å²) in [6.07, 6.45) is 1.73. The molecule has 1 rings (SSSR count). The number of hydrogen-bond acceptors (Lipinski definition) is 3. The van der Waals surface area contributed by atoms with E-state index >= 15 is 0 Å². The van der Waals surface area contributed by atoms with Crippen molar-refractivity contribution < 1.29 is 0 Å². The number of aliphatic imine (C=N–C) groups is 1. The van der Waals surface area contributed by atoms with Crippen LogP contribution in [0.2, 0.25) is 0 Å². The van der Waals surface area contributed by atoms with E-state index in [9.17, 15) is 0 Å². The van der Waals surface area contributed by atoms with E-state index in [1.54, 1.807) is 13.3 Å². The van der Waals surface area contributed by atoms with E-state index in [2.05, 4.69) is 28.2 Å². The summed E-state index contributed by atoms with van der Waals surface area (Å²) in [5, 5.41) is 8.12. The van der Waals surface area contributed by atoms with Crippen LogP contribution in [0.15, 0.2) is 33.4 Å². The molecular weight excluding hydrogens is 174 g/mol. The molecule has 0 unspecified atom stereocenters. The summed E-state index contributed by atoms with van der Waals surface area (Å²) in [6, 6.07) is 6.12. The van der Waals surface area contributed by atoms with E-state index in [-0.39, 0.29) is 0 Å². The minimum Gasteiger partial charge on any atom is -0.299 e. The molecule has 0 aliphatic heterocycles. The monoisotopic (exact) mass is 189 g/mol. The molecule has 3 nitrogen and oxygen atoms in total. The lowest BCUT2D eigenvalue weighted by atomic mass is 10.1. The Morgan fingerprint density at radius 3 is 2.71 bits per heavy atom. The van der Waals surface area contributed by atoms with Crippen molar-refractivity contribution in [3.05, 3.63) is 29.3 Å². The van der Waals surface area contributed by atoms with Crippen LogP contribution in [-0.4, -0.2) is 19.8 Å². The second kappa shape index (κ2) is 5.27. The van der Waals surface area contributed by atoms with Gasteiger partial charge < -0.3 is 0 Å². The summed E-state index contributed by atoms with van der Waals surface area (Å²) in [5.41, 5.74) is 3.33. The van der Waals surface area contributed by atoms with E-state index in [0.717, 1.165) is 11.3 Å². The number of aryl methyl sites for hydroxylation is 2. The second-order valence-electron chi connectivity index (χ2n) is 3.15. The summed E-state index contributed by atoms with van der Waals surface area (Å²) in [6.45, 7) is 4.65. The molecule has 0 saturated heterocycles. The zero-order chi connectivity index (χ0) is 10.4. The van der Waals surface area contributed by atoms with Crippen LogP contribution in [0.25, 0.3) is 0 Å². The zero-order valence-electron chi connectivity index (χ0n) is 8.86. The molecule has 0 bridgehead atoms. The number of hydrogen-bond donors (Lipinski definition) is 0. The Labute approximate surface area is 84.6 Å². The first-order valence-electron chi connectivity index (χ1n) is 4.59. The van der Waals surface area contributed by atoms with Gasteiger partial charge in [0.05, 0.1) is 12.2 Å². The summed E-state index contributed by atoms with van der Waals surface area (Å²) < 4.78 is 0. The van der Waals surface area contributed by atoms with Gasteiger partial charge in [0.2, 0.25) is 0 Å². The first-order chi connectivity index (χ1) is 6.74. The normalized spacial score (nSPS) is 11.6. The smallest absolute Gasteiger partial charge is 0.0951 e. The largest absolute Gasteiger partial charge is 0.299 e. The fraction of sp³-hybridized carbons (Fsp3) is 0.364. The maximum atomic E-state index is 4.12. The Kier molecular flexibility index (Phi) is 3.98. The van der Waals surface area contributed by atoms with E-state index in [4.69, 9.17) is 0 Å². The second-order valence-corrected chi connectivity index (χ2v) is 3.15. The molecule has 0 spiro atoms. The van der Waals surface area contributed by atoms with Crippen LogP contribution >= 0.6 is 0 Å². The molecule has 14 heavy (non-hydrogen) atoms. The van der Waals surface area contributed by atoms with Gasteiger partial charge in [-0.05, 0) is 25.5 Å². The van der Waals surface area contributed by atoms with E-state index in [1.165, 1.54) is 5.56 Å². The van der Waals surface area contributed by atoms with Gasteiger partial charge in [0.25, 0.3) is 0 Å². The average Bonchev–Trinajstić information content (AvgIpc) is 2.15. The molecule has 0 aliphatic carbocycles. The standard InChI is InChI=1S/C11H15N3/c1-9-4-5-11(10(2)8-9)14-13-7-6-12-3/h4-6,8H,7H2,1-3H3. The summed E-state index contributed by atoms with van der Waals surface area (Å²) in [4.78, 5) is 3.82. The van der Waals surface area contributed by atoms with Crippen LogP contribution in [0.1, 0.15) is 11.1 Å². The van der Waals surface area contributed by atoms with Gasteiger partial charge in [0.1, 0.15) is 0 Å². The quantitative estimate of drug-likeness (QED) is 0.517. The highest BCUT2D eigenvalue weighted by molar-refractivity contribution is 5.59.